The second-order valence-electron chi connectivity index (χ2n) is 11.8. The summed E-state index contributed by atoms with van der Waals surface area (Å²) in [6, 6.07) is -3.44. The molecule has 0 aromatic rings. The van der Waals surface area contributed by atoms with Crippen molar-refractivity contribution < 1.29 is 28.8 Å². The first-order chi connectivity index (χ1) is 17.9. The molecule has 1 aliphatic rings. The van der Waals surface area contributed by atoms with E-state index in [1.807, 2.05) is 13.8 Å². The van der Waals surface area contributed by atoms with Crippen LogP contribution in [0.5, 0.6) is 0 Å². The predicted molar refractivity (Wildman–Crippen MR) is 147 cm³/mol. The lowest BCUT2D eigenvalue weighted by Gasteiger charge is -2.37. The summed E-state index contributed by atoms with van der Waals surface area (Å²) in [7, 11) is 1.61. The van der Waals surface area contributed by atoms with E-state index < -0.39 is 59.6 Å². The van der Waals surface area contributed by atoms with E-state index in [0.717, 1.165) is 0 Å². The molecule has 0 aromatic heterocycles. The smallest absolute Gasteiger partial charge is 0.316 e. The molecule has 0 saturated carbocycles. The number of hydrogen-bond donors (Lipinski definition) is 4. The second kappa shape index (κ2) is 14.1. The number of likely N-dealkylation sites (tertiary alicyclic amines) is 1. The molecular weight excluding hydrogens is 504 g/mol. The average molecular weight is 551 g/mol. The van der Waals surface area contributed by atoms with Gasteiger partial charge in [0.15, 0.2) is 0 Å². The first-order valence-electron chi connectivity index (χ1n) is 13.3. The van der Waals surface area contributed by atoms with Gasteiger partial charge in [-0.25, -0.2) is 4.79 Å². The Morgan fingerprint density at radius 1 is 1.08 bits per heavy atom. The fourth-order valence-corrected chi connectivity index (χ4v) is 4.62. The van der Waals surface area contributed by atoms with Crippen molar-refractivity contribution in [2.24, 2.45) is 28.9 Å². The number of nitrogens with zero attached hydrogens (tertiary/aromatic N) is 2. The summed E-state index contributed by atoms with van der Waals surface area (Å²) in [4.78, 5) is 78.6. The minimum absolute atomic E-state index is 0.0418. The molecule has 12 heteroatoms. The number of Topliss-reactive ketones (excluding diaryl/α,β-unsaturated/α-hetero) is 1. The Morgan fingerprint density at radius 2 is 1.67 bits per heavy atom. The quantitative estimate of drug-likeness (QED) is 0.202. The zero-order valence-electron chi connectivity index (χ0n) is 24.5. The lowest BCUT2D eigenvalue weighted by molar-refractivity contribution is -0.143. The highest BCUT2D eigenvalue weighted by Crippen LogP contribution is 2.33. The van der Waals surface area contributed by atoms with Crippen LogP contribution in [0, 0.1) is 23.2 Å². The monoisotopic (exact) mass is 550 g/mol. The molecule has 1 aliphatic heterocycles. The van der Waals surface area contributed by atoms with Gasteiger partial charge in [0.2, 0.25) is 23.5 Å². The summed E-state index contributed by atoms with van der Waals surface area (Å²) < 4.78 is 0. The Labute approximate surface area is 231 Å². The average Bonchev–Trinajstić information content (AvgIpc) is 3.28. The van der Waals surface area contributed by atoms with Gasteiger partial charge in [-0.05, 0) is 29.6 Å². The largest absolute Gasteiger partial charge is 0.363 e. The molecule has 0 aliphatic carbocycles. The molecule has 0 unspecified atom stereocenters. The third-order valence-corrected chi connectivity index (χ3v) is 6.94. The van der Waals surface area contributed by atoms with Gasteiger partial charge in [0.25, 0.3) is 5.91 Å². The predicted octanol–water partition coefficient (Wildman–Crippen LogP) is 0.413. The number of rotatable bonds is 12. The maximum absolute atomic E-state index is 13.9. The van der Waals surface area contributed by atoms with E-state index in [1.165, 1.54) is 9.80 Å². The van der Waals surface area contributed by atoms with Crippen LogP contribution in [0.2, 0.25) is 0 Å². The van der Waals surface area contributed by atoms with E-state index in [4.69, 9.17) is 5.73 Å². The van der Waals surface area contributed by atoms with Gasteiger partial charge in [-0.3, -0.25) is 24.0 Å². The van der Waals surface area contributed by atoms with E-state index in [2.05, 4.69) is 22.5 Å². The van der Waals surface area contributed by atoms with E-state index in [1.54, 1.807) is 47.7 Å². The van der Waals surface area contributed by atoms with Crippen LogP contribution in [-0.2, 0) is 24.0 Å². The van der Waals surface area contributed by atoms with Crippen molar-refractivity contribution in [3.63, 3.8) is 0 Å². The van der Waals surface area contributed by atoms with Crippen molar-refractivity contribution >= 4 is 35.4 Å². The first kappa shape index (κ1) is 33.6. The van der Waals surface area contributed by atoms with Crippen LogP contribution in [0.15, 0.2) is 12.7 Å². The van der Waals surface area contributed by atoms with Crippen molar-refractivity contribution in [2.75, 3.05) is 26.7 Å². The molecule has 0 bridgehead atoms. The number of carbonyl (C=O) groups excluding carboxylic acids is 6. The molecule has 0 spiro atoms. The summed E-state index contributed by atoms with van der Waals surface area (Å²) >= 11 is 0. The fourth-order valence-electron chi connectivity index (χ4n) is 4.62. The fraction of sp³-hybridized carbons (Fsp3) is 0.704. The number of hydrogen-bond acceptors (Lipinski definition) is 6. The summed E-state index contributed by atoms with van der Waals surface area (Å²) in [6.07, 6.45) is 2.13. The Kier molecular flexibility index (Phi) is 12.1. The highest BCUT2D eigenvalue weighted by atomic mass is 16.2. The maximum Gasteiger partial charge on any atom is 0.316 e. The number of amides is 6. The van der Waals surface area contributed by atoms with Crippen LogP contribution in [0.4, 0.5) is 4.79 Å². The third kappa shape index (κ3) is 9.07. The molecule has 5 N–H and O–H groups in total. The zero-order chi connectivity index (χ0) is 30.2. The number of primary amides is 1. The zero-order valence-corrected chi connectivity index (χ0v) is 24.5. The van der Waals surface area contributed by atoms with E-state index in [9.17, 15) is 28.8 Å². The lowest BCUT2D eigenvalue weighted by atomic mass is 9.84. The summed E-state index contributed by atoms with van der Waals surface area (Å²) in [5.74, 6) is -3.80. The van der Waals surface area contributed by atoms with Crippen LogP contribution in [0.3, 0.4) is 0 Å². The summed E-state index contributed by atoms with van der Waals surface area (Å²) in [6.45, 7) is 16.5. The molecule has 0 radical (unpaired) electrons. The number of ketones is 1. The molecular formula is C27H46N6O6. The molecule has 220 valence electrons. The molecule has 4 atom stereocenters. The molecule has 39 heavy (non-hydrogen) atoms. The highest BCUT2D eigenvalue weighted by Gasteiger charge is 2.47. The Morgan fingerprint density at radius 3 is 2.13 bits per heavy atom. The van der Waals surface area contributed by atoms with Crippen LogP contribution in [0.25, 0.3) is 0 Å². The third-order valence-electron chi connectivity index (χ3n) is 6.94. The van der Waals surface area contributed by atoms with Crippen molar-refractivity contribution in [3.8, 4) is 0 Å². The topological polar surface area (TPSA) is 171 Å². The molecule has 1 rings (SSSR count). The summed E-state index contributed by atoms with van der Waals surface area (Å²) in [5, 5.41) is 7.87. The van der Waals surface area contributed by atoms with Gasteiger partial charge in [-0.2, -0.15) is 0 Å². The minimum atomic E-state index is -1.16. The van der Waals surface area contributed by atoms with Crippen molar-refractivity contribution in [2.45, 2.75) is 73.0 Å². The SMILES string of the molecule is C=CCN(C)C(=O)[C@@H](NC(=O)N[C@H](C(=O)N1CC[C@H](C(C)C)[C@H]1C(=O)NCC(=O)C(N)=O)C(C)(C)C)C(C)C. The highest BCUT2D eigenvalue weighted by molar-refractivity contribution is 6.36. The Bertz CT molecular complexity index is 957. The first-order valence-corrected chi connectivity index (χ1v) is 13.3. The molecule has 1 heterocycles. The van der Waals surface area contributed by atoms with Gasteiger partial charge in [-0.1, -0.05) is 54.5 Å². The van der Waals surface area contributed by atoms with Crippen molar-refractivity contribution in [1.29, 1.82) is 0 Å². The van der Waals surface area contributed by atoms with Gasteiger partial charge in [0.1, 0.15) is 18.1 Å². The molecule has 0 aromatic carbocycles. The van der Waals surface area contributed by atoms with Gasteiger partial charge < -0.3 is 31.5 Å². The van der Waals surface area contributed by atoms with Crippen LogP contribution in [-0.4, -0.2) is 90.1 Å². The van der Waals surface area contributed by atoms with Crippen LogP contribution >= 0.6 is 0 Å². The van der Waals surface area contributed by atoms with Gasteiger partial charge in [0.05, 0.1) is 6.54 Å². The number of carbonyl (C=O) groups is 6. The lowest BCUT2D eigenvalue weighted by Crippen LogP contribution is -2.61. The van der Waals surface area contributed by atoms with Crippen LogP contribution in [0.1, 0.15) is 54.9 Å². The molecule has 1 saturated heterocycles. The van der Waals surface area contributed by atoms with Crippen molar-refractivity contribution in [1.82, 2.24) is 25.8 Å². The molecule has 1 fully saturated rings. The standard InChI is InChI=1S/C27H46N6O6/c1-10-12-32(9)24(37)19(16(4)5)30-26(39)31-21(27(6,7)8)25(38)33-13-11-17(15(2)3)20(33)23(36)29-14-18(34)22(28)35/h10,15-17,19-21H,1,11-14H2,2-9H3,(H2,28,35)(H,29,36)(H2,30,31,39)/t17-,19+,20+,21-/m1/s1. The van der Waals surface area contributed by atoms with E-state index in [0.29, 0.717) is 13.0 Å². The number of urea groups is 1. The van der Waals surface area contributed by atoms with Gasteiger partial charge in [0, 0.05) is 20.1 Å². The van der Waals surface area contributed by atoms with Gasteiger partial charge in [-0.15, -0.1) is 6.58 Å². The number of nitrogens with one attached hydrogen (secondary N) is 3. The van der Waals surface area contributed by atoms with E-state index >= 15 is 0 Å². The normalized spacial score (nSPS) is 18.8. The van der Waals surface area contributed by atoms with E-state index in [-0.39, 0.29) is 30.2 Å². The maximum atomic E-state index is 13.9. The number of nitrogens with two attached hydrogens (primary N) is 1. The number of likely N-dealkylation sites (N-methyl/N-ethyl adjacent to an activating group) is 1. The Balaban J connectivity index is 3.19. The summed E-state index contributed by atoms with van der Waals surface area (Å²) in [5.41, 5.74) is 4.24. The molecule has 6 amide bonds. The van der Waals surface area contributed by atoms with Crippen molar-refractivity contribution in [3.05, 3.63) is 12.7 Å². The van der Waals surface area contributed by atoms with Gasteiger partial charge >= 0.3 is 6.03 Å². The Hall–Kier alpha value is -3.44. The van der Waals surface area contributed by atoms with Crippen LogP contribution < -0.4 is 21.7 Å². The second-order valence-corrected chi connectivity index (χ2v) is 11.8. The minimum Gasteiger partial charge on any atom is -0.363 e. The molecule has 12 nitrogen and oxygen atoms in total.